The number of ether oxygens (including phenoxy) is 2. The first kappa shape index (κ1) is 15.7. The van der Waals surface area contributed by atoms with Crippen molar-refractivity contribution in [1.29, 1.82) is 0 Å². The van der Waals surface area contributed by atoms with Crippen LogP contribution in [0.1, 0.15) is 46.0 Å². The molecule has 0 amide bonds. The van der Waals surface area contributed by atoms with E-state index in [4.69, 9.17) is 15.3 Å². The van der Waals surface area contributed by atoms with E-state index in [1.807, 2.05) is 0 Å². The van der Waals surface area contributed by atoms with Gasteiger partial charge in [-0.2, -0.15) is 0 Å². The summed E-state index contributed by atoms with van der Waals surface area (Å²) in [5.74, 6) is 6.59. The fourth-order valence-corrected chi connectivity index (χ4v) is 4.52. The van der Waals surface area contributed by atoms with Gasteiger partial charge in [-0.3, -0.25) is 16.2 Å². The molecule has 3 fully saturated rings. The Labute approximate surface area is 128 Å². The lowest BCUT2D eigenvalue weighted by Crippen LogP contribution is -2.65. The Morgan fingerprint density at radius 3 is 2.52 bits per heavy atom. The maximum absolute atomic E-state index is 6.08. The predicted octanol–water partition coefficient (Wildman–Crippen LogP) is 1.28. The fourth-order valence-electron chi connectivity index (χ4n) is 4.52. The molecule has 3 aliphatic rings. The molecule has 2 saturated heterocycles. The van der Waals surface area contributed by atoms with Gasteiger partial charge in [0.2, 0.25) is 0 Å². The predicted molar refractivity (Wildman–Crippen MR) is 82.8 cm³/mol. The van der Waals surface area contributed by atoms with E-state index >= 15 is 0 Å². The topological polar surface area (TPSA) is 59.8 Å². The summed E-state index contributed by atoms with van der Waals surface area (Å²) < 4.78 is 11.6. The molecule has 1 spiro atoms. The molecule has 2 unspecified atom stereocenters. The van der Waals surface area contributed by atoms with Gasteiger partial charge in [-0.1, -0.05) is 0 Å². The van der Waals surface area contributed by atoms with Crippen LogP contribution in [-0.2, 0) is 9.47 Å². The normalized spacial score (nSPS) is 31.9. The summed E-state index contributed by atoms with van der Waals surface area (Å²) in [5, 5.41) is 0. The summed E-state index contributed by atoms with van der Waals surface area (Å²) in [7, 11) is 0. The van der Waals surface area contributed by atoms with Crippen LogP contribution in [-0.4, -0.2) is 55.0 Å². The van der Waals surface area contributed by atoms with Crippen LogP contribution in [0.15, 0.2) is 0 Å². The van der Waals surface area contributed by atoms with Gasteiger partial charge in [0, 0.05) is 31.3 Å². The quantitative estimate of drug-likeness (QED) is 0.605. The van der Waals surface area contributed by atoms with E-state index in [-0.39, 0.29) is 11.1 Å². The summed E-state index contributed by atoms with van der Waals surface area (Å²) >= 11 is 0. The maximum atomic E-state index is 6.08. The summed E-state index contributed by atoms with van der Waals surface area (Å²) in [4.78, 5) is 2.53. The molecular formula is C16H31N3O2. The van der Waals surface area contributed by atoms with Crippen LogP contribution in [0.4, 0.5) is 0 Å². The molecule has 0 radical (unpaired) electrons. The third-order valence-electron chi connectivity index (χ3n) is 6.03. The van der Waals surface area contributed by atoms with Crippen molar-refractivity contribution in [2.24, 2.45) is 11.8 Å². The lowest BCUT2D eigenvalue weighted by Gasteiger charge is -2.53. The zero-order chi connectivity index (χ0) is 14.9. The first-order valence-electron chi connectivity index (χ1n) is 8.50. The molecule has 0 aromatic heterocycles. The lowest BCUT2D eigenvalue weighted by atomic mass is 9.68. The molecular weight excluding hydrogens is 266 g/mol. The first-order valence-corrected chi connectivity index (χ1v) is 8.50. The van der Waals surface area contributed by atoms with Crippen molar-refractivity contribution in [2.45, 2.75) is 63.1 Å². The summed E-state index contributed by atoms with van der Waals surface area (Å²) in [6.45, 7) is 9.20. The van der Waals surface area contributed by atoms with E-state index in [9.17, 15) is 0 Å². The van der Waals surface area contributed by atoms with Gasteiger partial charge in [-0.05, 0) is 51.9 Å². The van der Waals surface area contributed by atoms with E-state index in [2.05, 4.69) is 24.2 Å². The minimum Gasteiger partial charge on any atom is -0.379 e. The highest BCUT2D eigenvalue weighted by Crippen LogP contribution is 2.46. The molecule has 122 valence electrons. The Balaban J connectivity index is 1.70. The van der Waals surface area contributed by atoms with Crippen LogP contribution in [0, 0.1) is 5.92 Å². The number of hydrogen-bond acceptors (Lipinski definition) is 5. The van der Waals surface area contributed by atoms with Gasteiger partial charge in [-0.25, -0.2) is 0 Å². The van der Waals surface area contributed by atoms with Gasteiger partial charge in [0.25, 0.3) is 0 Å². The highest BCUT2D eigenvalue weighted by atomic mass is 16.5. The van der Waals surface area contributed by atoms with Crippen LogP contribution >= 0.6 is 0 Å². The Kier molecular flexibility index (Phi) is 4.58. The molecule has 0 aromatic carbocycles. The molecule has 1 aliphatic carbocycles. The molecule has 5 heteroatoms. The van der Waals surface area contributed by atoms with Crippen LogP contribution in [0.2, 0.25) is 0 Å². The number of morpholine rings is 1. The number of nitrogens with two attached hydrogens (primary N) is 1. The van der Waals surface area contributed by atoms with Crippen molar-refractivity contribution in [3.05, 3.63) is 0 Å². The van der Waals surface area contributed by atoms with Gasteiger partial charge in [-0.15, -0.1) is 0 Å². The molecule has 1 saturated carbocycles. The average Bonchev–Trinajstić information content (AvgIpc) is 2.47. The van der Waals surface area contributed by atoms with Crippen LogP contribution in [0.5, 0.6) is 0 Å². The molecule has 2 heterocycles. The Morgan fingerprint density at radius 1 is 1.24 bits per heavy atom. The number of hydrogen-bond donors (Lipinski definition) is 2. The highest BCUT2D eigenvalue weighted by molar-refractivity contribution is 5.02. The molecule has 3 rings (SSSR count). The van der Waals surface area contributed by atoms with Gasteiger partial charge >= 0.3 is 0 Å². The average molecular weight is 297 g/mol. The monoisotopic (exact) mass is 297 g/mol. The summed E-state index contributed by atoms with van der Waals surface area (Å²) in [6, 6.07) is 0.303. The minimum absolute atomic E-state index is 0.0471. The Hall–Kier alpha value is -0.200. The summed E-state index contributed by atoms with van der Waals surface area (Å²) in [5.41, 5.74) is 3.38. The number of nitrogens with one attached hydrogen (secondary N) is 1. The molecule has 3 N–H and O–H groups in total. The van der Waals surface area contributed by atoms with Crippen molar-refractivity contribution in [2.75, 3.05) is 32.9 Å². The molecule has 21 heavy (non-hydrogen) atoms. The standard InChI is InChI=1S/C16H31N3O2/c1-15(2,19-7-10-20-11-8-19)14(18-17)13-4-9-21-16(12-13)5-3-6-16/h13-14,18H,3-12,17H2,1-2H3. The fraction of sp³-hybridized carbons (Fsp3) is 1.00. The zero-order valence-electron chi connectivity index (χ0n) is 13.6. The lowest BCUT2D eigenvalue weighted by molar-refractivity contribution is -0.154. The second-order valence-electron chi connectivity index (χ2n) is 7.54. The van der Waals surface area contributed by atoms with Crippen molar-refractivity contribution in [3.63, 3.8) is 0 Å². The molecule has 5 nitrogen and oxygen atoms in total. The van der Waals surface area contributed by atoms with E-state index in [1.54, 1.807) is 0 Å². The van der Waals surface area contributed by atoms with E-state index in [0.29, 0.717) is 12.0 Å². The van der Waals surface area contributed by atoms with Crippen molar-refractivity contribution in [1.82, 2.24) is 10.3 Å². The third-order valence-corrected chi connectivity index (χ3v) is 6.03. The van der Waals surface area contributed by atoms with Crippen molar-refractivity contribution < 1.29 is 9.47 Å². The summed E-state index contributed by atoms with van der Waals surface area (Å²) in [6.07, 6.45) is 6.07. The molecule has 2 atom stereocenters. The first-order chi connectivity index (χ1) is 10.1. The Morgan fingerprint density at radius 2 is 1.95 bits per heavy atom. The van der Waals surface area contributed by atoms with Crippen LogP contribution in [0.25, 0.3) is 0 Å². The Bertz CT molecular complexity index is 351. The SMILES string of the molecule is CC(C)(C(NN)C1CCOC2(CCC2)C1)N1CCOCC1. The molecule has 0 bridgehead atoms. The van der Waals surface area contributed by atoms with Crippen LogP contribution in [0.3, 0.4) is 0 Å². The van der Waals surface area contributed by atoms with Gasteiger partial charge in [0.15, 0.2) is 0 Å². The number of rotatable bonds is 4. The highest BCUT2D eigenvalue weighted by Gasteiger charge is 2.48. The number of nitrogens with zero attached hydrogens (tertiary/aromatic N) is 1. The van der Waals surface area contributed by atoms with Gasteiger partial charge < -0.3 is 9.47 Å². The minimum atomic E-state index is 0.0471. The van der Waals surface area contributed by atoms with E-state index in [1.165, 1.54) is 19.3 Å². The van der Waals surface area contributed by atoms with Gasteiger partial charge in [0.1, 0.15) is 0 Å². The zero-order valence-corrected chi connectivity index (χ0v) is 13.6. The smallest absolute Gasteiger partial charge is 0.0685 e. The van der Waals surface area contributed by atoms with Gasteiger partial charge in [0.05, 0.1) is 18.8 Å². The third kappa shape index (κ3) is 2.99. The molecule has 2 aliphatic heterocycles. The second kappa shape index (κ2) is 6.13. The van der Waals surface area contributed by atoms with E-state index in [0.717, 1.165) is 45.8 Å². The van der Waals surface area contributed by atoms with Crippen molar-refractivity contribution in [3.8, 4) is 0 Å². The van der Waals surface area contributed by atoms with E-state index < -0.39 is 0 Å². The number of hydrazine groups is 1. The van der Waals surface area contributed by atoms with Crippen LogP contribution < -0.4 is 11.3 Å². The largest absolute Gasteiger partial charge is 0.379 e. The maximum Gasteiger partial charge on any atom is 0.0685 e. The second-order valence-corrected chi connectivity index (χ2v) is 7.54. The van der Waals surface area contributed by atoms with Crippen molar-refractivity contribution >= 4 is 0 Å². The molecule has 0 aromatic rings.